The molecule has 0 saturated heterocycles. The summed E-state index contributed by atoms with van der Waals surface area (Å²) >= 11 is 0. The minimum Gasteiger partial charge on any atom is -0.504 e. The third kappa shape index (κ3) is 6.84. The number of para-hydroxylation sites is 1. The van der Waals surface area contributed by atoms with Gasteiger partial charge in [-0.3, -0.25) is 9.59 Å². The van der Waals surface area contributed by atoms with Crippen LogP contribution in [0.2, 0.25) is 0 Å². The van der Waals surface area contributed by atoms with Gasteiger partial charge in [0.2, 0.25) is 0 Å². The fraction of sp³-hybridized carbons (Fsp3) is 0.286. The number of nitrogens with zero attached hydrogens (tertiary/aromatic N) is 1. The van der Waals surface area contributed by atoms with Crippen molar-refractivity contribution in [2.24, 2.45) is 5.10 Å². The first-order chi connectivity index (χ1) is 14.0. The summed E-state index contributed by atoms with van der Waals surface area (Å²) in [6.07, 6.45) is 3.30. The average molecular weight is 399 g/mol. The van der Waals surface area contributed by atoms with E-state index in [1.165, 1.54) is 13.3 Å². The molecular formula is C21H25N3O5. The van der Waals surface area contributed by atoms with Crippen LogP contribution in [0.5, 0.6) is 17.2 Å². The number of aromatic hydroxyl groups is 1. The van der Waals surface area contributed by atoms with Crippen LogP contribution in [0.4, 0.5) is 0 Å². The quantitative estimate of drug-likeness (QED) is 0.323. The molecule has 2 rings (SSSR count). The van der Waals surface area contributed by atoms with Crippen LogP contribution in [-0.2, 0) is 4.79 Å². The van der Waals surface area contributed by atoms with Gasteiger partial charge in [-0.1, -0.05) is 19.4 Å². The number of hydrogen-bond acceptors (Lipinski definition) is 6. The lowest BCUT2D eigenvalue weighted by Crippen LogP contribution is -2.34. The minimum absolute atomic E-state index is 0.0802. The number of carbonyl (C=O) groups is 2. The predicted molar refractivity (Wildman–Crippen MR) is 110 cm³/mol. The number of ether oxygens (including phenoxy) is 2. The molecule has 0 aromatic heterocycles. The third-order valence-electron chi connectivity index (χ3n) is 3.94. The topological polar surface area (TPSA) is 109 Å². The van der Waals surface area contributed by atoms with Crippen molar-refractivity contribution in [3.05, 3.63) is 53.6 Å². The van der Waals surface area contributed by atoms with Gasteiger partial charge < -0.3 is 19.9 Å². The molecule has 8 heteroatoms. The lowest BCUT2D eigenvalue weighted by Gasteiger charge is -2.07. The Kier molecular flexibility index (Phi) is 8.50. The molecular weight excluding hydrogens is 374 g/mol. The van der Waals surface area contributed by atoms with Gasteiger partial charge in [0.15, 0.2) is 11.5 Å². The van der Waals surface area contributed by atoms with Gasteiger partial charge >= 0.3 is 0 Å². The molecule has 29 heavy (non-hydrogen) atoms. The van der Waals surface area contributed by atoms with Crippen molar-refractivity contribution in [2.75, 3.05) is 20.3 Å². The zero-order valence-corrected chi connectivity index (χ0v) is 16.5. The molecule has 0 fully saturated rings. The normalized spacial score (nSPS) is 10.6. The highest BCUT2D eigenvalue weighted by atomic mass is 16.5. The number of carbonyl (C=O) groups excluding carboxylic acids is 2. The Morgan fingerprint density at radius 3 is 2.62 bits per heavy atom. The molecule has 0 bridgehead atoms. The molecule has 154 valence electrons. The van der Waals surface area contributed by atoms with E-state index in [-0.39, 0.29) is 18.2 Å². The zero-order chi connectivity index (χ0) is 21.1. The molecule has 8 nitrogen and oxygen atoms in total. The fourth-order valence-electron chi connectivity index (χ4n) is 2.32. The number of nitrogens with one attached hydrogen (secondary N) is 2. The second-order valence-corrected chi connectivity index (χ2v) is 6.10. The van der Waals surface area contributed by atoms with Crippen LogP contribution in [0.1, 0.15) is 35.7 Å². The maximum Gasteiger partial charge on any atom is 0.259 e. The Balaban J connectivity index is 1.79. The Morgan fingerprint density at radius 2 is 1.93 bits per heavy atom. The van der Waals surface area contributed by atoms with E-state index < -0.39 is 5.91 Å². The van der Waals surface area contributed by atoms with Crippen LogP contribution in [0.15, 0.2) is 47.6 Å². The van der Waals surface area contributed by atoms with Gasteiger partial charge in [-0.05, 0) is 42.8 Å². The number of unbranched alkanes of at least 4 members (excludes halogenated alkanes) is 1. The standard InChI is InChI=1S/C21H25N3O5/c1-3-4-12-29-17-10-8-15(9-11-17)21(27)22-14-19(25)24-23-13-16-6-5-7-18(28-2)20(16)26/h5-11,13,26H,3-4,12,14H2,1-2H3,(H,22,27)(H,24,25). The summed E-state index contributed by atoms with van der Waals surface area (Å²) in [5.41, 5.74) is 3.09. The molecule has 2 amide bonds. The SMILES string of the molecule is CCCCOc1ccc(C(=O)NCC(=O)NN=Cc2cccc(OC)c2O)cc1. The van der Waals surface area contributed by atoms with E-state index in [1.54, 1.807) is 42.5 Å². The Labute approximate surface area is 169 Å². The summed E-state index contributed by atoms with van der Waals surface area (Å²) in [6, 6.07) is 11.6. The number of rotatable bonds is 10. The van der Waals surface area contributed by atoms with Gasteiger partial charge in [0, 0.05) is 11.1 Å². The highest BCUT2D eigenvalue weighted by Crippen LogP contribution is 2.27. The van der Waals surface area contributed by atoms with Gasteiger partial charge in [-0.25, -0.2) is 5.43 Å². The Bertz CT molecular complexity index is 850. The first kappa shape index (κ1) is 21.7. The van der Waals surface area contributed by atoms with Crippen molar-refractivity contribution in [2.45, 2.75) is 19.8 Å². The molecule has 2 aromatic rings. The minimum atomic E-state index is -0.503. The van der Waals surface area contributed by atoms with Crippen molar-refractivity contribution in [3.8, 4) is 17.2 Å². The number of methoxy groups -OCH3 is 1. The van der Waals surface area contributed by atoms with E-state index in [4.69, 9.17) is 9.47 Å². The van der Waals surface area contributed by atoms with Gasteiger partial charge in [-0.15, -0.1) is 0 Å². The van der Waals surface area contributed by atoms with E-state index in [1.807, 2.05) is 0 Å². The van der Waals surface area contributed by atoms with E-state index in [0.29, 0.717) is 29.2 Å². The average Bonchev–Trinajstić information content (AvgIpc) is 2.74. The lowest BCUT2D eigenvalue weighted by molar-refractivity contribution is -0.120. The summed E-state index contributed by atoms with van der Waals surface area (Å²) < 4.78 is 10.5. The van der Waals surface area contributed by atoms with Crippen LogP contribution in [-0.4, -0.2) is 43.4 Å². The third-order valence-corrected chi connectivity index (χ3v) is 3.94. The van der Waals surface area contributed by atoms with Gasteiger partial charge in [0.05, 0.1) is 26.5 Å². The van der Waals surface area contributed by atoms with Gasteiger partial charge in [-0.2, -0.15) is 5.10 Å². The van der Waals surface area contributed by atoms with E-state index in [9.17, 15) is 14.7 Å². The van der Waals surface area contributed by atoms with Gasteiger partial charge in [0.25, 0.3) is 11.8 Å². The second-order valence-electron chi connectivity index (χ2n) is 6.10. The van der Waals surface area contributed by atoms with Crippen molar-refractivity contribution in [1.29, 1.82) is 0 Å². The largest absolute Gasteiger partial charge is 0.504 e. The number of phenolic OH excluding ortho intramolecular Hbond substituents is 1. The number of benzene rings is 2. The zero-order valence-electron chi connectivity index (χ0n) is 16.5. The fourth-order valence-corrected chi connectivity index (χ4v) is 2.32. The molecule has 0 heterocycles. The van der Waals surface area contributed by atoms with E-state index >= 15 is 0 Å². The summed E-state index contributed by atoms with van der Waals surface area (Å²) in [6.45, 7) is 2.48. The van der Waals surface area contributed by atoms with Crippen molar-refractivity contribution in [3.63, 3.8) is 0 Å². The first-order valence-electron chi connectivity index (χ1n) is 9.24. The van der Waals surface area contributed by atoms with Crippen molar-refractivity contribution < 1.29 is 24.2 Å². The highest BCUT2D eigenvalue weighted by Gasteiger charge is 2.08. The molecule has 0 atom stereocenters. The molecule has 0 aliphatic rings. The highest BCUT2D eigenvalue weighted by molar-refractivity contribution is 5.96. The van der Waals surface area contributed by atoms with E-state index in [0.717, 1.165) is 12.8 Å². The maximum atomic E-state index is 12.1. The summed E-state index contributed by atoms with van der Waals surface area (Å²) in [7, 11) is 1.44. The number of phenols is 1. The van der Waals surface area contributed by atoms with Crippen LogP contribution >= 0.6 is 0 Å². The molecule has 0 spiro atoms. The number of hydrazone groups is 1. The molecule has 3 N–H and O–H groups in total. The summed E-state index contributed by atoms with van der Waals surface area (Å²) in [4.78, 5) is 23.9. The summed E-state index contributed by atoms with van der Waals surface area (Å²) in [5, 5.41) is 16.2. The van der Waals surface area contributed by atoms with Crippen LogP contribution < -0.4 is 20.2 Å². The van der Waals surface area contributed by atoms with E-state index in [2.05, 4.69) is 22.8 Å². The molecule has 0 radical (unpaired) electrons. The number of amides is 2. The van der Waals surface area contributed by atoms with Crippen molar-refractivity contribution in [1.82, 2.24) is 10.7 Å². The smallest absolute Gasteiger partial charge is 0.259 e. The molecule has 2 aromatic carbocycles. The van der Waals surface area contributed by atoms with Crippen LogP contribution in [0.3, 0.4) is 0 Å². The number of hydrogen-bond donors (Lipinski definition) is 3. The maximum absolute atomic E-state index is 12.1. The van der Waals surface area contributed by atoms with Gasteiger partial charge in [0.1, 0.15) is 5.75 Å². The lowest BCUT2D eigenvalue weighted by atomic mass is 10.2. The van der Waals surface area contributed by atoms with Crippen molar-refractivity contribution >= 4 is 18.0 Å². The monoisotopic (exact) mass is 399 g/mol. The Hall–Kier alpha value is -3.55. The molecule has 0 unspecified atom stereocenters. The summed E-state index contributed by atoms with van der Waals surface area (Å²) in [5.74, 6) is 0.0341. The molecule has 0 saturated carbocycles. The predicted octanol–water partition coefficient (Wildman–Crippen LogP) is 2.46. The van der Waals surface area contributed by atoms with Crippen LogP contribution in [0.25, 0.3) is 0 Å². The second kappa shape index (κ2) is 11.3. The van der Waals surface area contributed by atoms with Crippen LogP contribution in [0, 0.1) is 0 Å². The molecule has 0 aliphatic carbocycles. The first-order valence-corrected chi connectivity index (χ1v) is 9.24. The molecule has 0 aliphatic heterocycles. The Morgan fingerprint density at radius 1 is 1.17 bits per heavy atom.